The van der Waals surface area contributed by atoms with E-state index in [1.165, 1.54) is 7.11 Å². The van der Waals surface area contributed by atoms with Gasteiger partial charge in [0.2, 0.25) is 0 Å². The van der Waals surface area contributed by atoms with Crippen LogP contribution in [-0.2, 0) is 20.9 Å². The third-order valence-corrected chi connectivity index (χ3v) is 2.33. The van der Waals surface area contributed by atoms with Crippen LogP contribution in [0.25, 0.3) is 0 Å². The molecule has 4 nitrogen and oxygen atoms in total. The van der Waals surface area contributed by atoms with E-state index < -0.39 is 0 Å². The summed E-state index contributed by atoms with van der Waals surface area (Å²) in [6.45, 7) is 1.10. The maximum absolute atomic E-state index is 10.8. The Morgan fingerprint density at radius 3 is 2.47 bits per heavy atom. The highest BCUT2D eigenvalue weighted by Gasteiger charge is 1.99. The molecule has 0 unspecified atom stereocenters. The number of methoxy groups -OCH3 is 2. The van der Waals surface area contributed by atoms with Crippen LogP contribution in [0.5, 0.6) is 5.75 Å². The lowest BCUT2D eigenvalue weighted by Crippen LogP contribution is -2.03. The van der Waals surface area contributed by atoms with E-state index in [9.17, 15) is 4.79 Å². The molecule has 1 rings (SSSR count). The first-order valence-electron chi connectivity index (χ1n) is 5.53. The molecule has 0 aliphatic heterocycles. The topological polar surface area (TPSA) is 44.8 Å². The molecule has 17 heavy (non-hydrogen) atoms. The lowest BCUT2D eigenvalue weighted by molar-refractivity contribution is -0.141. The first-order valence-corrected chi connectivity index (χ1v) is 5.53. The molecule has 0 atom stereocenters. The average molecular weight is 238 g/mol. The summed E-state index contributed by atoms with van der Waals surface area (Å²) >= 11 is 0. The van der Waals surface area contributed by atoms with Gasteiger partial charge in [0.05, 0.1) is 20.8 Å². The maximum atomic E-state index is 10.8. The smallest absolute Gasteiger partial charge is 0.305 e. The number of esters is 1. The molecule has 0 saturated heterocycles. The number of hydrogen-bond acceptors (Lipinski definition) is 4. The van der Waals surface area contributed by atoms with Gasteiger partial charge in [-0.05, 0) is 24.1 Å². The summed E-state index contributed by atoms with van der Waals surface area (Å²) in [4.78, 5) is 10.8. The highest BCUT2D eigenvalue weighted by molar-refractivity contribution is 5.68. The summed E-state index contributed by atoms with van der Waals surface area (Å²) < 4.78 is 15.0. The zero-order chi connectivity index (χ0) is 12.5. The zero-order valence-electron chi connectivity index (χ0n) is 10.3. The van der Waals surface area contributed by atoms with Crippen LogP contribution in [0.2, 0.25) is 0 Å². The molecule has 0 N–H and O–H groups in total. The number of ether oxygens (including phenoxy) is 3. The van der Waals surface area contributed by atoms with Gasteiger partial charge in [-0.3, -0.25) is 4.79 Å². The van der Waals surface area contributed by atoms with Crippen LogP contribution in [0.4, 0.5) is 0 Å². The van der Waals surface area contributed by atoms with Crippen LogP contribution in [0.15, 0.2) is 24.3 Å². The summed E-state index contributed by atoms with van der Waals surface area (Å²) in [6, 6.07) is 7.71. The van der Waals surface area contributed by atoms with Crippen molar-refractivity contribution in [2.75, 3.05) is 20.8 Å². The molecule has 0 aliphatic carbocycles. The van der Waals surface area contributed by atoms with E-state index in [4.69, 9.17) is 9.47 Å². The van der Waals surface area contributed by atoms with Gasteiger partial charge in [0.1, 0.15) is 5.75 Å². The highest BCUT2D eigenvalue weighted by atomic mass is 16.5. The molecule has 1 aromatic rings. The molecule has 0 aliphatic rings. The van der Waals surface area contributed by atoms with Crippen molar-refractivity contribution in [2.24, 2.45) is 0 Å². The Morgan fingerprint density at radius 2 is 1.88 bits per heavy atom. The Balaban J connectivity index is 2.15. The highest BCUT2D eigenvalue weighted by Crippen LogP contribution is 2.12. The van der Waals surface area contributed by atoms with Gasteiger partial charge in [0.15, 0.2) is 0 Å². The molecule has 0 spiro atoms. The number of rotatable bonds is 7. The standard InChI is InChI=1S/C13H18O4/c1-15-12-7-5-11(6-8-12)10-17-9-3-4-13(14)16-2/h5-8H,3-4,9-10H2,1-2H3. The molecular weight excluding hydrogens is 220 g/mol. The molecule has 0 amide bonds. The minimum Gasteiger partial charge on any atom is -0.497 e. The van der Waals surface area contributed by atoms with Crippen molar-refractivity contribution in [3.8, 4) is 5.75 Å². The minimum absolute atomic E-state index is 0.196. The second kappa shape index (κ2) is 7.68. The normalized spacial score (nSPS) is 10.0. The SMILES string of the molecule is COC(=O)CCCOCc1ccc(OC)cc1. The summed E-state index contributed by atoms with van der Waals surface area (Å²) in [5.74, 6) is 0.637. The van der Waals surface area contributed by atoms with E-state index >= 15 is 0 Å². The van der Waals surface area contributed by atoms with Crippen LogP contribution in [-0.4, -0.2) is 26.8 Å². The van der Waals surface area contributed by atoms with Gasteiger partial charge in [-0.15, -0.1) is 0 Å². The van der Waals surface area contributed by atoms with Gasteiger partial charge >= 0.3 is 5.97 Å². The van der Waals surface area contributed by atoms with Crippen molar-refractivity contribution in [3.63, 3.8) is 0 Å². The molecule has 4 heteroatoms. The minimum atomic E-state index is -0.196. The Morgan fingerprint density at radius 1 is 1.18 bits per heavy atom. The predicted molar refractivity (Wildman–Crippen MR) is 63.9 cm³/mol. The first-order chi connectivity index (χ1) is 8.26. The Labute approximate surface area is 101 Å². The van der Waals surface area contributed by atoms with Gasteiger partial charge in [-0.25, -0.2) is 0 Å². The van der Waals surface area contributed by atoms with Crippen LogP contribution >= 0.6 is 0 Å². The third-order valence-electron chi connectivity index (χ3n) is 2.33. The average Bonchev–Trinajstić information content (AvgIpc) is 2.38. The molecule has 0 radical (unpaired) electrons. The molecule has 0 heterocycles. The second-order valence-electron chi connectivity index (χ2n) is 3.58. The number of carbonyl (C=O) groups is 1. The van der Waals surface area contributed by atoms with Crippen LogP contribution < -0.4 is 4.74 Å². The number of hydrogen-bond donors (Lipinski definition) is 0. The van der Waals surface area contributed by atoms with E-state index in [1.54, 1.807) is 7.11 Å². The Bertz CT molecular complexity index is 332. The number of carbonyl (C=O) groups excluding carboxylic acids is 1. The Kier molecular flexibility index (Phi) is 6.10. The Hall–Kier alpha value is -1.55. The van der Waals surface area contributed by atoms with Gasteiger partial charge in [-0.1, -0.05) is 12.1 Å². The van der Waals surface area contributed by atoms with Crippen molar-refractivity contribution < 1.29 is 19.0 Å². The zero-order valence-corrected chi connectivity index (χ0v) is 10.3. The van der Waals surface area contributed by atoms with Crippen LogP contribution in [0.1, 0.15) is 18.4 Å². The lowest BCUT2D eigenvalue weighted by Gasteiger charge is -2.05. The van der Waals surface area contributed by atoms with E-state index in [1.807, 2.05) is 24.3 Å². The van der Waals surface area contributed by atoms with E-state index in [0.717, 1.165) is 11.3 Å². The molecular formula is C13H18O4. The van der Waals surface area contributed by atoms with Gasteiger partial charge in [0, 0.05) is 13.0 Å². The van der Waals surface area contributed by atoms with Crippen molar-refractivity contribution in [3.05, 3.63) is 29.8 Å². The van der Waals surface area contributed by atoms with Crippen molar-refractivity contribution in [1.82, 2.24) is 0 Å². The fraction of sp³-hybridized carbons (Fsp3) is 0.462. The fourth-order valence-electron chi connectivity index (χ4n) is 1.33. The largest absolute Gasteiger partial charge is 0.497 e. The summed E-state index contributed by atoms with van der Waals surface area (Å²) in [7, 11) is 3.03. The van der Waals surface area contributed by atoms with Crippen molar-refractivity contribution in [1.29, 1.82) is 0 Å². The quantitative estimate of drug-likeness (QED) is 0.539. The van der Waals surface area contributed by atoms with Crippen molar-refractivity contribution in [2.45, 2.75) is 19.4 Å². The van der Waals surface area contributed by atoms with E-state index in [2.05, 4.69) is 4.74 Å². The molecule has 0 fully saturated rings. The molecule has 0 bridgehead atoms. The molecule has 0 saturated carbocycles. The second-order valence-corrected chi connectivity index (χ2v) is 3.58. The summed E-state index contributed by atoms with van der Waals surface area (Å²) in [6.07, 6.45) is 1.09. The van der Waals surface area contributed by atoms with Crippen LogP contribution in [0, 0.1) is 0 Å². The van der Waals surface area contributed by atoms with Gasteiger partial charge < -0.3 is 14.2 Å². The summed E-state index contributed by atoms with van der Waals surface area (Å²) in [5.41, 5.74) is 1.09. The van der Waals surface area contributed by atoms with Gasteiger partial charge in [-0.2, -0.15) is 0 Å². The van der Waals surface area contributed by atoms with Crippen LogP contribution in [0.3, 0.4) is 0 Å². The predicted octanol–water partition coefficient (Wildman–Crippen LogP) is 2.17. The van der Waals surface area contributed by atoms with Crippen molar-refractivity contribution >= 4 is 5.97 Å². The fourth-order valence-corrected chi connectivity index (χ4v) is 1.33. The van der Waals surface area contributed by atoms with Gasteiger partial charge in [0.25, 0.3) is 0 Å². The molecule has 94 valence electrons. The molecule has 1 aromatic carbocycles. The number of benzene rings is 1. The maximum Gasteiger partial charge on any atom is 0.305 e. The van der Waals surface area contributed by atoms with E-state index in [-0.39, 0.29) is 5.97 Å². The van der Waals surface area contributed by atoms with E-state index in [0.29, 0.717) is 26.1 Å². The monoisotopic (exact) mass is 238 g/mol. The first kappa shape index (κ1) is 13.5. The summed E-state index contributed by atoms with van der Waals surface area (Å²) in [5, 5.41) is 0. The molecule has 0 aromatic heterocycles. The lowest BCUT2D eigenvalue weighted by atomic mass is 10.2. The third kappa shape index (κ3) is 5.36.